The number of benzene rings is 1. The Hall–Kier alpha value is -1.35. The molecule has 15 heavy (non-hydrogen) atoms. The lowest BCUT2D eigenvalue weighted by molar-refractivity contribution is 0.426. The van der Waals surface area contributed by atoms with Crippen LogP contribution in [0.3, 0.4) is 0 Å². The zero-order chi connectivity index (χ0) is 11.3. The van der Waals surface area contributed by atoms with Gasteiger partial charge in [-0.3, -0.25) is 10.0 Å². The second-order valence-corrected chi connectivity index (χ2v) is 3.49. The van der Waals surface area contributed by atoms with Crippen molar-refractivity contribution in [3.8, 4) is 0 Å². The van der Waals surface area contributed by atoms with Crippen molar-refractivity contribution < 1.29 is 0 Å². The number of nitrogens with zero attached hydrogens (tertiary/aromatic N) is 3. The van der Waals surface area contributed by atoms with Gasteiger partial charge < -0.3 is 0 Å². The van der Waals surface area contributed by atoms with E-state index in [4.69, 9.17) is 0 Å². The van der Waals surface area contributed by atoms with Gasteiger partial charge in [-0.2, -0.15) is 0 Å². The molecule has 0 aromatic heterocycles. The molecule has 0 fully saturated rings. The second-order valence-electron chi connectivity index (χ2n) is 3.49. The molecule has 0 radical (unpaired) electrons. The zero-order valence-electron chi connectivity index (χ0n) is 9.94. The predicted molar refractivity (Wildman–Crippen MR) is 66.3 cm³/mol. The summed E-state index contributed by atoms with van der Waals surface area (Å²) in [5.74, 6) is 1.06. The lowest BCUT2D eigenvalue weighted by Gasteiger charge is -2.31. The van der Waals surface area contributed by atoms with E-state index in [1.165, 1.54) is 0 Å². The van der Waals surface area contributed by atoms with Crippen molar-refractivity contribution in [1.82, 2.24) is 5.01 Å². The molecule has 1 aromatic rings. The number of amidine groups is 1. The predicted octanol–water partition coefficient (Wildman–Crippen LogP) is 2.41. The maximum atomic E-state index is 4.31. The maximum absolute atomic E-state index is 4.31. The van der Waals surface area contributed by atoms with E-state index >= 15 is 0 Å². The monoisotopic (exact) mass is 205 g/mol. The fraction of sp³-hybridized carbons (Fsp3) is 0.417. The first-order valence-electron chi connectivity index (χ1n) is 5.18. The van der Waals surface area contributed by atoms with Crippen LogP contribution < -0.4 is 5.01 Å². The van der Waals surface area contributed by atoms with Crippen molar-refractivity contribution in [2.75, 3.05) is 26.2 Å². The zero-order valence-corrected chi connectivity index (χ0v) is 9.94. The van der Waals surface area contributed by atoms with Crippen molar-refractivity contribution in [1.29, 1.82) is 0 Å². The topological polar surface area (TPSA) is 18.8 Å². The Labute approximate surface area is 92.0 Å². The van der Waals surface area contributed by atoms with Crippen molar-refractivity contribution in [2.24, 2.45) is 4.99 Å². The summed E-state index contributed by atoms with van der Waals surface area (Å²) in [5.41, 5.74) is 1.14. The average Bonchev–Trinajstić information content (AvgIpc) is 2.26. The molecule has 1 aromatic carbocycles. The van der Waals surface area contributed by atoms with Crippen LogP contribution in [0.2, 0.25) is 0 Å². The van der Waals surface area contributed by atoms with Crippen molar-refractivity contribution in [2.45, 2.75) is 13.3 Å². The van der Waals surface area contributed by atoms with Crippen LogP contribution in [0.5, 0.6) is 0 Å². The van der Waals surface area contributed by atoms with E-state index in [1.54, 1.807) is 0 Å². The van der Waals surface area contributed by atoms with Crippen LogP contribution in [0, 0.1) is 0 Å². The van der Waals surface area contributed by atoms with Crippen LogP contribution in [0.15, 0.2) is 35.3 Å². The van der Waals surface area contributed by atoms with Crippen LogP contribution >= 0.6 is 0 Å². The fourth-order valence-corrected chi connectivity index (χ4v) is 1.58. The number of hydrogen-bond donors (Lipinski definition) is 0. The van der Waals surface area contributed by atoms with Gasteiger partial charge in [0.2, 0.25) is 0 Å². The lowest BCUT2D eigenvalue weighted by atomic mass is 10.3. The minimum Gasteiger partial charge on any atom is -0.274 e. The highest BCUT2D eigenvalue weighted by molar-refractivity contribution is 5.96. The Balaban J connectivity index is 3.04. The molecule has 0 spiro atoms. The van der Waals surface area contributed by atoms with E-state index in [0.717, 1.165) is 17.9 Å². The largest absolute Gasteiger partial charge is 0.274 e. The summed E-state index contributed by atoms with van der Waals surface area (Å²) in [6.45, 7) is 2.11. The third-order valence-electron chi connectivity index (χ3n) is 2.22. The molecule has 0 amide bonds. The second kappa shape index (κ2) is 5.51. The molecule has 1 rings (SSSR count). The molecule has 0 bridgehead atoms. The number of anilines is 1. The first kappa shape index (κ1) is 11.7. The Morgan fingerprint density at radius 3 is 2.20 bits per heavy atom. The number of para-hydroxylation sites is 1. The molecule has 0 saturated heterocycles. The van der Waals surface area contributed by atoms with Crippen molar-refractivity contribution >= 4 is 11.5 Å². The van der Waals surface area contributed by atoms with Gasteiger partial charge in [-0.15, -0.1) is 0 Å². The highest BCUT2D eigenvalue weighted by Gasteiger charge is 2.12. The summed E-state index contributed by atoms with van der Waals surface area (Å²) >= 11 is 0. The molecule has 3 heteroatoms. The SMILES string of the molecule is CCC(=NC)N(c1ccccc1)N(C)C. The summed E-state index contributed by atoms with van der Waals surface area (Å²) in [6.07, 6.45) is 0.920. The fourth-order valence-electron chi connectivity index (χ4n) is 1.58. The molecular weight excluding hydrogens is 186 g/mol. The summed E-state index contributed by atoms with van der Waals surface area (Å²) < 4.78 is 0. The third-order valence-corrected chi connectivity index (χ3v) is 2.22. The van der Waals surface area contributed by atoms with Crippen LogP contribution in [-0.2, 0) is 0 Å². The van der Waals surface area contributed by atoms with E-state index in [-0.39, 0.29) is 0 Å². The molecule has 3 nitrogen and oxygen atoms in total. The molecule has 0 heterocycles. The highest BCUT2D eigenvalue weighted by atomic mass is 15.6. The Bertz CT molecular complexity index is 317. The number of rotatable bonds is 3. The maximum Gasteiger partial charge on any atom is 0.118 e. The van der Waals surface area contributed by atoms with Gasteiger partial charge in [-0.1, -0.05) is 25.1 Å². The van der Waals surface area contributed by atoms with Gasteiger partial charge in [0.25, 0.3) is 0 Å². The van der Waals surface area contributed by atoms with Gasteiger partial charge in [0, 0.05) is 27.6 Å². The number of aliphatic imine (C=N–C) groups is 1. The molecule has 0 aliphatic heterocycles. The van der Waals surface area contributed by atoms with Gasteiger partial charge in [0.05, 0.1) is 5.69 Å². The Morgan fingerprint density at radius 2 is 1.80 bits per heavy atom. The molecular formula is C12H19N3. The van der Waals surface area contributed by atoms with Crippen LogP contribution in [0.4, 0.5) is 5.69 Å². The average molecular weight is 205 g/mol. The standard InChI is InChI=1S/C12H19N3/c1-5-12(13-2)15(14(3)4)11-9-7-6-8-10-11/h6-10H,5H2,1-4H3. The lowest BCUT2D eigenvalue weighted by Crippen LogP contribution is -2.41. The number of hydrazine groups is 1. The van der Waals surface area contributed by atoms with Gasteiger partial charge in [-0.25, -0.2) is 5.01 Å². The smallest absolute Gasteiger partial charge is 0.118 e. The molecule has 0 aliphatic rings. The Morgan fingerprint density at radius 1 is 1.20 bits per heavy atom. The van der Waals surface area contributed by atoms with E-state index in [9.17, 15) is 0 Å². The number of hydrogen-bond acceptors (Lipinski definition) is 2. The van der Waals surface area contributed by atoms with E-state index in [1.807, 2.05) is 44.4 Å². The first-order valence-corrected chi connectivity index (χ1v) is 5.18. The van der Waals surface area contributed by atoms with Gasteiger partial charge in [0.15, 0.2) is 0 Å². The molecule has 0 N–H and O–H groups in total. The quantitative estimate of drug-likeness (QED) is 0.429. The first-order chi connectivity index (χ1) is 7.20. The summed E-state index contributed by atoms with van der Waals surface area (Å²) in [5, 5.41) is 4.15. The van der Waals surface area contributed by atoms with Gasteiger partial charge in [0.1, 0.15) is 5.84 Å². The van der Waals surface area contributed by atoms with Gasteiger partial charge in [-0.05, 0) is 12.1 Å². The Kier molecular flexibility index (Phi) is 4.31. The van der Waals surface area contributed by atoms with Crippen LogP contribution in [-0.4, -0.2) is 32.0 Å². The van der Waals surface area contributed by atoms with E-state index < -0.39 is 0 Å². The molecule has 0 saturated carbocycles. The minimum atomic E-state index is 0.920. The summed E-state index contributed by atoms with van der Waals surface area (Å²) in [6, 6.07) is 10.3. The summed E-state index contributed by atoms with van der Waals surface area (Å²) in [4.78, 5) is 4.31. The van der Waals surface area contributed by atoms with Gasteiger partial charge >= 0.3 is 0 Å². The third kappa shape index (κ3) is 2.80. The molecule has 0 unspecified atom stereocenters. The van der Waals surface area contributed by atoms with E-state index in [2.05, 4.69) is 29.1 Å². The molecule has 0 aliphatic carbocycles. The van der Waals surface area contributed by atoms with Crippen LogP contribution in [0.25, 0.3) is 0 Å². The normalized spacial score (nSPS) is 11.9. The van der Waals surface area contributed by atoms with Crippen molar-refractivity contribution in [3.63, 3.8) is 0 Å². The molecule has 82 valence electrons. The molecule has 0 atom stereocenters. The highest BCUT2D eigenvalue weighted by Crippen LogP contribution is 2.15. The summed E-state index contributed by atoms with van der Waals surface area (Å²) in [7, 11) is 5.87. The minimum absolute atomic E-state index is 0.920. The van der Waals surface area contributed by atoms with Crippen molar-refractivity contribution in [3.05, 3.63) is 30.3 Å². The van der Waals surface area contributed by atoms with E-state index in [0.29, 0.717) is 0 Å². The van der Waals surface area contributed by atoms with Crippen LogP contribution in [0.1, 0.15) is 13.3 Å².